The quantitative estimate of drug-likeness (QED) is 0.575. The van der Waals surface area contributed by atoms with Gasteiger partial charge in [-0.3, -0.25) is 4.79 Å². The van der Waals surface area contributed by atoms with Crippen LogP contribution >= 0.6 is 0 Å². The third kappa shape index (κ3) is 4.83. The van der Waals surface area contributed by atoms with Crippen LogP contribution in [0.5, 0.6) is 5.75 Å². The molecule has 4 rings (SSSR count). The van der Waals surface area contributed by atoms with Crippen molar-refractivity contribution in [2.75, 3.05) is 6.54 Å². The van der Waals surface area contributed by atoms with Gasteiger partial charge < -0.3 is 15.2 Å². The highest BCUT2D eigenvalue weighted by Gasteiger charge is 2.41. The van der Waals surface area contributed by atoms with Crippen molar-refractivity contribution in [1.29, 1.82) is 0 Å². The minimum Gasteiger partial charge on any atom is -0.489 e. The lowest BCUT2D eigenvalue weighted by Gasteiger charge is -2.23. The molecule has 2 N–H and O–H groups in total. The van der Waals surface area contributed by atoms with Crippen molar-refractivity contribution in [3.05, 3.63) is 96.1 Å². The summed E-state index contributed by atoms with van der Waals surface area (Å²) in [5, 5.41) is 13.3. The van der Waals surface area contributed by atoms with Crippen LogP contribution < -0.4 is 10.1 Å². The van der Waals surface area contributed by atoms with Crippen molar-refractivity contribution in [2.24, 2.45) is 0 Å². The molecule has 0 unspecified atom stereocenters. The van der Waals surface area contributed by atoms with E-state index in [1.54, 1.807) is 42.5 Å². The monoisotopic (exact) mass is 452 g/mol. The van der Waals surface area contributed by atoms with E-state index in [9.17, 15) is 18.3 Å². The SMILES string of the molecule is O=C(N[C@H]1CCN(S(=O)(=O)c2ccccc2)[C@@H]1O)c1ccc(OCc2ccccc2)cc1. The predicted octanol–water partition coefficient (Wildman–Crippen LogP) is 2.78. The molecule has 0 radical (unpaired) electrons. The molecule has 166 valence electrons. The summed E-state index contributed by atoms with van der Waals surface area (Å²) in [7, 11) is -3.84. The Labute approximate surface area is 187 Å². The minimum atomic E-state index is -3.84. The Morgan fingerprint density at radius 1 is 0.969 bits per heavy atom. The minimum absolute atomic E-state index is 0.108. The summed E-state index contributed by atoms with van der Waals surface area (Å²) < 4.78 is 32.3. The molecule has 1 aliphatic heterocycles. The van der Waals surface area contributed by atoms with Crippen LogP contribution in [-0.4, -0.2) is 42.6 Å². The first kappa shape index (κ1) is 22.0. The molecule has 32 heavy (non-hydrogen) atoms. The molecule has 1 saturated heterocycles. The molecule has 1 fully saturated rings. The van der Waals surface area contributed by atoms with E-state index in [4.69, 9.17) is 4.74 Å². The molecule has 7 nitrogen and oxygen atoms in total. The molecule has 0 spiro atoms. The fourth-order valence-electron chi connectivity index (χ4n) is 3.58. The molecule has 0 aliphatic carbocycles. The molecule has 1 aliphatic rings. The second kappa shape index (κ2) is 9.52. The number of sulfonamides is 1. The molecule has 0 aromatic heterocycles. The molecule has 1 amide bonds. The number of hydrogen-bond donors (Lipinski definition) is 2. The molecule has 0 bridgehead atoms. The highest BCUT2D eigenvalue weighted by molar-refractivity contribution is 7.89. The zero-order chi connectivity index (χ0) is 22.6. The second-order valence-electron chi connectivity index (χ2n) is 7.51. The van der Waals surface area contributed by atoms with E-state index in [1.807, 2.05) is 30.3 Å². The van der Waals surface area contributed by atoms with Crippen molar-refractivity contribution < 1.29 is 23.1 Å². The fourth-order valence-corrected chi connectivity index (χ4v) is 5.13. The van der Waals surface area contributed by atoms with Crippen molar-refractivity contribution in [3.8, 4) is 5.75 Å². The number of nitrogens with zero attached hydrogens (tertiary/aromatic N) is 1. The van der Waals surface area contributed by atoms with Gasteiger partial charge in [-0.2, -0.15) is 4.31 Å². The van der Waals surface area contributed by atoms with Gasteiger partial charge in [-0.25, -0.2) is 8.42 Å². The van der Waals surface area contributed by atoms with Gasteiger partial charge in [-0.05, 0) is 48.4 Å². The number of aliphatic hydroxyl groups is 1. The smallest absolute Gasteiger partial charge is 0.251 e. The van der Waals surface area contributed by atoms with E-state index in [-0.39, 0.29) is 17.3 Å². The number of amides is 1. The van der Waals surface area contributed by atoms with E-state index >= 15 is 0 Å². The van der Waals surface area contributed by atoms with Crippen LogP contribution in [0.15, 0.2) is 89.8 Å². The van der Waals surface area contributed by atoms with Gasteiger partial charge in [-0.15, -0.1) is 0 Å². The average molecular weight is 453 g/mol. The molecule has 3 aromatic rings. The summed E-state index contributed by atoms with van der Waals surface area (Å²) in [5.74, 6) is 0.244. The van der Waals surface area contributed by atoms with Crippen molar-refractivity contribution in [1.82, 2.24) is 9.62 Å². The third-order valence-corrected chi connectivity index (χ3v) is 7.23. The lowest BCUT2D eigenvalue weighted by molar-refractivity contribution is 0.0628. The summed E-state index contributed by atoms with van der Waals surface area (Å²) in [6.07, 6.45) is -1.02. The highest BCUT2D eigenvalue weighted by Crippen LogP contribution is 2.25. The summed E-state index contributed by atoms with van der Waals surface area (Å²) in [6, 6.07) is 23.7. The number of carbonyl (C=O) groups is 1. The van der Waals surface area contributed by atoms with Gasteiger partial charge in [0.05, 0.1) is 10.9 Å². The van der Waals surface area contributed by atoms with E-state index in [0.29, 0.717) is 24.3 Å². The van der Waals surface area contributed by atoms with E-state index in [0.717, 1.165) is 9.87 Å². The maximum absolute atomic E-state index is 12.8. The van der Waals surface area contributed by atoms with Gasteiger partial charge in [0.2, 0.25) is 10.0 Å². The number of hydrogen-bond acceptors (Lipinski definition) is 5. The fraction of sp³-hybridized carbons (Fsp3) is 0.208. The summed E-state index contributed by atoms with van der Waals surface area (Å²) >= 11 is 0. The highest BCUT2D eigenvalue weighted by atomic mass is 32.2. The van der Waals surface area contributed by atoms with Gasteiger partial charge in [0.25, 0.3) is 5.91 Å². The van der Waals surface area contributed by atoms with Gasteiger partial charge in [0.1, 0.15) is 18.6 Å². The number of ether oxygens (including phenoxy) is 1. The van der Waals surface area contributed by atoms with Crippen molar-refractivity contribution in [3.63, 3.8) is 0 Å². The van der Waals surface area contributed by atoms with Crippen LogP contribution in [0.3, 0.4) is 0 Å². The number of carbonyl (C=O) groups excluding carboxylic acids is 1. The van der Waals surface area contributed by atoms with E-state index < -0.39 is 22.3 Å². The van der Waals surface area contributed by atoms with Crippen LogP contribution in [0.2, 0.25) is 0 Å². The Morgan fingerprint density at radius 3 is 2.25 bits per heavy atom. The number of nitrogens with one attached hydrogen (secondary N) is 1. The second-order valence-corrected chi connectivity index (χ2v) is 9.40. The Balaban J connectivity index is 1.36. The lowest BCUT2D eigenvalue weighted by atomic mass is 10.1. The standard InChI is InChI=1S/C24H24N2O5S/c27-23(19-11-13-20(14-12-19)31-17-18-7-3-1-4-8-18)25-22-15-16-26(24(22)28)32(29,30)21-9-5-2-6-10-21/h1-14,22,24,28H,15-17H2,(H,25,27)/t22-,24+/m0/s1. The van der Waals surface area contributed by atoms with Crippen LogP contribution in [0, 0.1) is 0 Å². The van der Waals surface area contributed by atoms with Gasteiger partial charge in [0.15, 0.2) is 0 Å². The topological polar surface area (TPSA) is 95.9 Å². The molecular formula is C24H24N2O5S. The molecule has 3 aromatic carbocycles. The normalized spacial score (nSPS) is 18.9. The first-order chi connectivity index (χ1) is 15.4. The zero-order valence-electron chi connectivity index (χ0n) is 17.3. The summed E-state index contributed by atoms with van der Waals surface area (Å²) in [5.41, 5.74) is 1.44. The third-order valence-electron chi connectivity index (χ3n) is 5.35. The van der Waals surface area contributed by atoms with Crippen molar-refractivity contribution >= 4 is 15.9 Å². The molecule has 1 heterocycles. The Morgan fingerprint density at radius 2 is 1.59 bits per heavy atom. The van der Waals surface area contributed by atoms with Crippen LogP contribution in [0.4, 0.5) is 0 Å². The maximum atomic E-state index is 12.8. The maximum Gasteiger partial charge on any atom is 0.251 e. The largest absolute Gasteiger partial charge is 0.489 e. The van der Waals surface area contributed by atoms with Crippen LogP contribution in [-0.2, 0) is 16.6 Å². The van der Waals surface area contributed by atoms with Crippen LogP contribution in [0.25, 0.3) is 0 Å². The first-order valence-electron chi connectivity index (χ1n) is 10.3. The lowest BCUT2D eigenvalue weighted by Crippen LogP contribution is -2.46. The Hall–Kier alpha value is -3.20. The zero-order valence-corrected chi connectivity index (χ0v) is 18.1. The summed E-state index contributed by atoms with van der Waals surface area (Å²) in [6.45, 7) is 0.544. The summed E-state index contributed by atoms with van der Waals surface area (Å²) in [4.78, 5) is 12.7. The Kier molecular flexibility index (Phi) is 6.55. The predicted molar refractivity (Wildman–Crippen MR) is 119 cm³/mol. The number of aliphatic hydroxyl groups excluding tert-OH is 1. The molecule has 8 heteroatoms. The molecule has 0 saturated carbocycles. The first-order valence-corrected chi connectivity index (χ1v) is 11.7. The van der Waals surface area contributed by atoms with Gasteiger partial charge in [0, 0.05) is 12.1 Å². The van der Waals surface area contributed by atoms with Crippen LogP contribution in [0.1, 0.15) is 22.3 Å². The number of rotatable bonds is 7. The Bertz CT molecular complexity index is 1150. The van der Waals surface area contributed by atoms with E-state index in [2.05, 4.69) is 5.32 Å². The molecule has 2 atom stereocenters. The average Bonchev–Trinajstić information content (AvgIpc) is 3.20. The van der Waals surface area contributed by atoms with E-state index in [1.165, 1.54) is 12.1 Å². The van der Waals surface area contributed by atoms with Crippen molar-refractivity contribution in [2.45, 2.75) is 30.2 Å². The van der Waals surface area contributed by atoms with Gasteiger partial charge >= 0.3 is 0 Å². The number of benzene rings is 3. The van der Waals surface area contributed by atoms with Gasteiger partial charge in [-0.1, -0.05) is 48.5 Å². The molecular weight excluding hydrogens is 428 g/mol.